The van der Waals surface area contributed by atoms with Crippen molar-refractivity contribution in [2.75, 3.05) is 5.32 Å². The molecule has 0 aromatic carbocycles. The van der Waals surface area contributed by atoms with Crippen LogP contribution in [-0.2, 0) is 19.6 Å². The molecule has 18 heavy (non-hydrogen) atoms. The Kier molecular flexibility index (Phi) is 3.69. The van der Waals surface area contributed by atoms with Gasteiger partial charge in [-0.1, -0.05) is 0 Å². The summed E-state index contributed by atoms with van der Waals surface area (Å²) in [4.78, 5) is 0. The molecule has 5 nitrogen and oxygen atoms in total. The van der Waals surface area contributed by atoms with Crippen LogP contribution < -0.4 is 5.32 Å². The van der Waals surface area contributed by atoms with Crippen molar-refractivity contribution in [1.82, 2.24) is 19.6 Å². The molecule has 0 saturated carbocycles. The normalized spacial score (nSPS) is 10.9. The van der Waals surface area contributed by atoms with Gasteiger partial charge >= 0.3 is 0 Å². The van der Waals surface area contributed by atoms with Gasteiger partial charge in [0.05, 0.1) is 6.20 Å². The van der Waals surface area contributed by atoms with E-state index in [0.29, 0.717) is 0 Å². The molecule has 1 N–H and O–H groups in total. The van der Waals surface area contributed by atoms with Gasteiger partial charge in [-0.3, -0.25) is 9.36 Å². The third-order valence-corrected chi connectivity index (χ3v) is 3.25. The van der Waals surface area contributed by atoms with Crippen LogP contribution in [0.4, 0.5) is 5.82 Å². The smallest absolute Gasteiger partial charge is 0.148 e. The van der Waals surface area contributed by atoms with E-state index in [4.69, 9.17) is 0 Å². The summed E-state index contributed by atoms with van der Waals surface area (Å²) in [7, 11) is 0. The Bertz CT molecular complexity index is 523. The molecule has 5 heteroatoms. The number of aryl methyl sites for hydroxylation is 3. The van der Waals surface area contributed by atoms with Crippen molar-refractivity contribution in [3.05, 3.63) is 29.2 Å². The fourth-order valence-electron chi connectivity index (χ4n) is 2.08. The topological polar surface area (TPSA) is 47.7 Å². The third-order valence-electron chi connectivity index (χ3n) is 3.25. The van der Waals surface area contributed by atoms with Crippen molar-refractivity contribution in [2.45, 2.75) is 47.3 Å². The van der Waals surface area contributed by atoms with Crippen LogP contribution in [0.2, 0.25) is 0 Å². The number of rotatable bonds is 5. The van der Waals surface area contributed by atoms with Crippen molar-refractivity contribution in [1.29, 1.82) is 0 Å². The van der Waals surface area contributed by atoms with Gasteiger partial charge in [0.15, 0.2) is 0 Å². The van der Waals surface area contributed by atoms with E-state index in [1.54, 1.807) is 0 Å². The Morgan fingerprint density at radius 3 is 2.44 bits per heavy atom. The Hall–Kier alpha value is -1.78. The SMILES string of the molecule is CCn1nc(NCc2cnn(CC)c2C)cc1C. The number of nitrogens with zero attached hydrogens (tertiary/aromatic N) is 4. The molecule has 0 bridgehead atoms. The molecule has 98 valence electrons. The van der Waals surface area contributed by atoms with Crippen molar-refractivity contribution in [3.8, 4) is 0 Å². The largest absolute Gasteiger partial charge is 0.364 e. The molecule has 2 heterocycles. The maximum atomic E-state index is 4.48. The van der Waals surface area contributed by atoms with E-state index < -0.39 is 0 Å². The van der Waals surface area contributed by atoms with Gasteiger partial charge in [-0.05, 0) is 27.7 Å². The quantitative estimate of drug-likeness (QED) is 0.882. The standard InChI is InChI=1S/C13H21N5/c1-5-17-10(3)7-13(16-17)14-8-12-9-15-18(6-2)11(12)4/h7,9H,5-6,8H2,1-4H3,(H,14,16). The molecule has 0 aliphatic carbocycles. The molecule has 0 aliphatic rings. The molecular formula is C13H21N5. The fourth-order valence-corrected chi connectivity index (χ4v) is 2.08. The first-order valence-corrected chi connectivity index (χ1v) is 6.45. The lowest BCUT2D eigenvalue weighted by Crippen LogP contribution is -2.04. The second kappa shape index (κ2) is 5.25. The van der Waals surface area contributed by atoms with Gasteiger partial charge in [-0.25, -0.2) is 0 Å². The van der Waals surface area contributed by atoms with E-state index in [-0.39, 0.29) is 0 Å². The number of anilines is 1. The average molecular weight is 247 g/mol. The minimum Gasteiger partial charge on any atom is -0.364 e. The monoisotopic (exact) mass is 247 g/mol. The van der Waals surface area contributed by atoms with Crippen molar-refractivity contribution >= 4 is 5.82 Å². The van der Waals surface area contributed by atoms with Crippen LogP contribution in [0.5, 0.6) is 0 Å². The Labute approximate surface area is 108 Å². The van der Waals surface area contributed by atoms with Crippen molar-refractivity contribution < 1.29 is 0 Å². The fraction of sp³-hybridized carbons (Fsp3) is 0.538. The van der Waals surface area contributed by atoms with Crippen LogP contribution in [0.3, 0.4) is 0 Å². The molecule has 0 amide bonds. The summed E-state index contributed by atoms with van der Waals surface area (Å²) < 4.78 is 4.00. The summed E-state index contributed by atoms with van der Waals surface area (Å²) in [5.74, 6) is 0.929. The van der Waals surface area contributed by atoms with E-state index in [0.717, 1.165) is 25.5 Å². The number of hydrogen-bond acceptors (Lipinski definition) is 3. The molecule has 0 atom stereocenters. The van der Waals surface area contributed by atoms with Crippen LogP contribution in [0, 0.1) is 13.8 Å². The summed E-state index contributed by atoms with van der Waals surface area (Å²) in [6.45, 7) is 11.0. The Morgan fingerprint density at radius 2 is 1.89 bits per heavy atom. The predicted octanol–water partition coefficient (Wildman–Crippen LogP) is 2.35. The highest BCUT2D eigenvalue weighted by Gasteiger charge is 2.06. The Balaban J connectivity index is 2.04. The maximum Gasteiger partial charge on any atom is 0.148 e. The molecule has 0 radical (unpaired) electrons. The number of aromatic nitrogens is 4. The molecule has 0 unspecified atom stereocenters. The van der Waals surface area contributed by atoms with Gasteiger partial charge in [-0.2, -0.15) is 10.2 Å². The summed E-state index contributed by atoms with van der Waals surface area (Å²) in [5.41, 5.74) is 3.62. The molecule has 0 saturated heterocycles. The first kappa shape index (κ1) is 12.7. The second-order valence-electron chi connectivity index (χ2n) is 4.41. The zero-order chi connectivity index (χ0) is 13.1. The summed E-state index contributed by atoms with van der Waals surface area (Å²) in [6, 6.07) is 2.07. The highest BCUT2D eigenvalue weighted by molar-refractivity contribution is 5.37. The van der Waals surface area contributed by atoms with E-state index in [1.165, 1.54) is 17.0 Å². The third kappa shape index (κ3) is 2.39. The highest BCUT2D eigenvalue weighted by Crippen LogP contribution is 2.12. The van der Waals surface area contributed by atoms with Crippen molar-refractivity contribution in [3.63, 3.8) is 0 Å². The molecular weight excluding hydrogens is 226 g/mol. The highest BCUT2D eigenvalue weighted by atomic mass is 15.3. The first-order valence-electron chi connectivity index (χ1n) is 6.45. The van der Waals surface area contributed by atoms with Crippen LogP contribution in [0.25, 0.3) is 0 Å². The zero-order valence-electron chi connectivity index (χ0n) is 11.6. The molecule has 0 aliphatic heterocycles. The second-order valence-corrected chi connectivity index (χ2v) is 4.41. The Morgan fingerprint density at radius 1 is 1.17 bits per heavy atom. The zero-order valence-corrected chi connectivity index (χ0v) is 11.6. The van der Waals surface area contributed by atoms with Gasteiger partial charge in [0.25, 0.3) is 0 Å². The van der Waals surface area contributed by atoms with Gasteiger partial charge in [0.2, 0.25) is 0 Å². The molecule has 2 rings (SSSR count). The summed E-state index contributed by atoms with van der Waals surface area (Å²) >= 11 is 0. The van der Waals surface area contributed by atoms with Crippen LogP contribution in [0.15, 0.2) is 12.3 Å². The lowest BCUT2D eigenvalue weighted by molar-refractivity contribution is 0.637. The van der Waals surface area contributed by atoms with Crippen LogP contribution >= 0.6 is 0 Å². The lowest BCUT2D eigenvalue weighted by atomic mass is 10.2. The van der Waals surface area contributed by atoms with Gasteiger partial charge in [0.1, 0.15) is 5.82 Å². The minimum atomic E-state index is 0.770. The number of nitrogens with one attached hydrogen (secondary N) is 1. The maximum absolute atomic E-state index is 4.48. The van der Waals surface area contributed by atoms with Crippen LogP contribution in [-0.4, -0.2) is 19.6 Å². The molecule has 2 aromatic heterocycles. The van der Waals surface area contributed by atoms with Crippen molar-refractivity contribution in [2.24, 2.45) is 0 Å². The van der Waals surface area contributed by atoms with Crippen LogP contribution in [0.1, 0.15) is 30.8 Å². The number of hydrogen-bond donors (Lipinski definition) is 1. The summed E-state index contributed by atoms with van der Waals surface area (Å²) in [5, 5.41) is 12.2. The first-order chi connectivity index (χ1) is 8.65. The van der Waals surface area contributed by atoms with E-state index >= 15 is 0 Å². The summed E-state index contributed by atoms with van der Waals surface area (Å²) in [6.07, 6.45) is 1.93. The average Bonchev–Trinajstić information content (AvgIpc) is 2.90. The molecule has 0 spiro atoms. The molecule has 2 aromatic rings. The van der Waals surface area contributed by atoms with Gasteiger partial charge < -0.3 is 5.32 Å². The van der Waals surface area contributed by atoms with Gasteiger partial charge in [0, 0.05) is 42.7 Å². The predicted molar refractivity (Wildman–Crippen MR) is 72.6 cm³/mol. The lowest BCUT2D eigenvalue weighted by Gasteiger charge is -2.03. The van der Waals surface area contributed by atoms with Gasteiger partial charge in [-0.15, -0.1) is 0 Å². The van der Waals surface area contributed by atoms with E-state index in [2.05, 4.69) is 49.3 Å². The molecule has 0 fully saturated rings. The van der Waals surface area contributed by atoms with E-state index in [9.17, 15) is 0 Å². The van der Waals surface area contributed by atoms with E-state index in [1.807, 2.05) is 15.6 Å². The minimum absolute atomic E-state index is 0.770.